The molecular weight excluding hydrogens is 276 g/mol. The van der Waals surface area contributed by atoms with Crippen LogP contribution in [-0.2, 0) is 4.74 Å². The summed E-state index contributed by atoms with van der Waals surface area (Å²) in [7, 11) is 2.21. The van der Waals surface area contributed by atoms with Gasteiger partial charge in [-0.25, -0.2) is 9.67 Å². The van der Waals surface area contributed by atoms with Crippen LogP contribution in [0.4, 0.5) is 0 Å². The summed E-state index contributed by atoms with van der Waals surface area (Å²) in [6, 6.07) is 0.523. The second kappa shape index (κ2) is 6.13. The van der Waals surface area contributed by atoms with Gasteiger partial charge in [-0.15, -0.1) is 0 Å². The van der Waals surface area contributed by atoms with Crippen LogP contribution in [0.5, 0.6) is 0 Å². The Bertz CT molecular complexity index is 531. The van der Waals surface area contributed by atoms with Crippen molar-refractivity contribution in [1.82, 2.24) is 19.7 Å². The van der Waals surface area contributed by atoms with Crippen LogP contribution in [0.15, 0.2) is 12.2 Å². The Hall–Kier alpha value is -1.20. The smallest absolute Gasteiger partial charge is 0.156 e. The predicted octanol–water partition coefficient (Wildman–Crippen LogP) is 2.48. The molecule has 22 heavy (non-hydrogen) atoms. The summed E-state index contributed by atoms with van der Waals surface area (Å²) in [5, 5.41) is 4.96. The number of hydrogen-bond acceptors (Lipinski definition) is 4. The third-order valence-electron chi connectivity index (χ3n) is 5.38. The summed E-state index contributed by atoms with van der Waals surface area (Å²) in [5.41, 5.74) is 0. The quantitative estimate of drug-likeness (QED) is 0.805. The maximum atomic E-state index is 5.54. The molecule has 120 valence electrons. The Morgan fingerprint density at radius 3 is 2.55 bits per heavy atom. The zero-order valence-electron chi connectivity index (χ0n) is 13.4. The van der Waals surface area contributed by atoms with Crippen LogP contribution in [0.1, 0.15) is 61.6 Å². The zero-order valence-corrected chi connectivity index (χ0v) is 13.4. The minimum absolute atomic E-state index is 0.403. The fourth-order valence-corrected chi connectivity index (χ4v) is 3.88. The first-order chi connectivity index (χ1) is 10.8. The van der Waals surface area contributed by atoms with Crippen molar-refractivity contribution in [3.05, 3.63) is 23.8 Å². The van der Waals surface area contributed by atoms with Crippen molar-refractivity contribution in [2.75, 3.05) is 33.4 Å². The summed E-state index contributed by atoms with van der Waals surface area (Å²) < 4.78 is 7.83. The molecule has 1 aliphatic carbocycles. The number of ether oxygens (including phenoxy) is 1. The molecule has 0 bridgehead atoms. The van der Waals surface area contributed by atoms with Gasteiger partial charge in [-0.05, 0) is 52.2 Å². The van der Waals surface area contributed by atoms with Gasteiger partial charge in [-0.2, -0.15) is 5.10 Å². The van der Waals surface area contributed by atoms with Gasteiger partial charge in [0.2, 0.25) is 0 Å². The fraction of sp³-hybridized carbons (Fsp3) is 0.765. The lowest BCUT2D eigenvalue weighted by Crippen LogP contribution is -2.32. The number of aromatic nitrogens is 3. The largest absolute Gasteiger partial charge is 0.381 e. The molecule has 3 heterocycles. The number of nitrogens with zero attached hydrogens (tertiary/aromatic N) is 4. The normalized spacial score (nSPS) is 28.0. The Kier molecular flexibility index (Phi) is 4.01. The van der Waals surface area contributed by atoms with Crippen LogP contribution < -0.4 is 0 Å². The Morgan fingerprint density at radius 2 is 1.86 bits per heavy atom. The van der Waals surface area contributed by atoms with Crippen LogP contribution in [-0.4, -0.2) is 53.0 Å². The number of rotatable bonds is 3. The maximum absolute atomic E-state index is 5.54. The molecule has 0 saturated carbocycles. The third kappa shape index (κ3) is 2.72. The first-order valence-corrected chi connectivity index (χ1v) is 8.69. The van der Waals surface area contributed by atoms with Crippen LogP contribution in [0.3, 0.4) is 0 Å². The van der Waals surface area contributed by atoms with E-state index in [1.807, 2.05) is 0 Å². The van der Waals surface area contributed by atoms with Crippen molar-refractivity contribution in [3.8, 4) is 0 Å². The number of piperidine rings is 1. The minimum Gasteiger partial charge on any atom is -0.381 e. The highest BCUT2D eigenvalue weighted by Crippen LogP contribution is 2.34. The van der Waals surface area contributed by atoms with Gasteiger partial charge in [0.05, 0.1) is 12.6 Å². The first kappa shape index (κ1) is 14.4. The van der Waals surface area contributed by atoms with Gasteiger partial charge >= 0.3 is 0 Å². The lowest BCUT2D eigenvalue weighted by atomic mass is 10.0. The SMILES string of the molecule is CN1CCC(n2nc(C3CCOC3)nc2C2CC=CC2)CC1. The lowest BCUT2D eigenvalue weighted by molar-refractivity contribution is 0.192. The number of allylic oxidation sites excluding steroid dienone is 2. The van der Waals surface area contributed by atoms with E-state index in [4.69, 9.17) is 14.8 Å². The molecule has 5 nitrogen and oxygen atoms in total. The van der Waals surface area contributed by atoms with Gasteiger partial charge in [-0.1, -0.05) is 12.2 Å². The van der Waals surface area contributed by atoms with Crippen molar-refractivity contribution in [3.63, 3.8) is 0 Å². The molecule has 2 saturated heterocycles. The molecule has 0 amide bonds. The highest BCUT2D eigenvalue weighted by Gasteiger charge is 2.30. The summed E-state index contributed by atoms with van der Waals surface area (Å²) in [6.07, 6.45) is 10.3. The molecule has 0 aromatic carbocycles. The highest BCUT2D eigenvalue weighted by atomic mass is 16.5. The van der Waals surface area contributed by atoms with E-state index in [2.05, 4.69) is 28.8 Å². The summed E-state index contributed by atoms with van der Waals surface area (Å²) in [5.74, 6) is 3.18. The number of likely N-dealkylation sites (tertiary alicyclic amines) is 1. The monoisotopic (exact) mass is 302 g/mol. The van der Waals surface area contributed by atoms with Crippen molar-refractivity contribution >= 4 is 0 Å². The van der Waals surface area contributed by atoms with E-state index < -0.39 is 0 Å². The molecule has 4 rings (SSSR count). The second-order valence-electron chi connectivity index (χ2n) is 7.01. The summed E-state index contributed by atoms with van der Waals surface area (Å²) >= 11 is 0. The molecule has 1 unspecified atom stereocenters. The van der Waals surface area contributed by atoms with E-state index in [-0.39, 0.29) is 0 Å². The molecule has 3 aliphatic rings. The summed E-state index contributed by atoms with van der Waals surface area (Å²) in [4.78, 5) is 7.40. The van der Waals surface area contributed by atoms with Crippen LogP contribution in [0, 0.1) is 0 Å². The van der Waals surface area contributed by atoms with E-state index in [0.717, 1.165) is 51.4 Å². The van der Waals surface area contributed by atoms with E-state index in [1.165, 1.54) is 18.7 Å². The molecule has 0 radical (unpaired) electrons. The van der Waals surface area contributed by atoms with E-state index >= 15 is 0 Å². The molecule has 1 atom stereocenters. The van der Waals surface area contributed by atoms with Crippen molar-refractivity contribution in [2.24, 2.45) is 0 Å². The highest BCUT2D eigenvalue weighted by molar-refractivity contribution is 5.13. The fourth-order valence-electron chi connectivity index (χ4n) is 3.88. The molecule has 5 heteroatoms. The van der Waals surface area contributed by atoms with Crippen LogP contribution >= 0.6 is 0 Å². The topological polar surface area (TPSA) is 43.2 Å². The van der Waals surface area contributed by atoms with Gasteiger partial charge in [0.1, 0.15) is 5.82 Å². The molecule has 1 aromatic heterocycles. The van der Waals surface area contributed by atoms with Crippen LogP contribution in [0.25, 0.3) is 0 Å². The van der Waals surface area contributed by atoms with Gasteiger partial charge in [0, 0.05) is 18.4 Å². The predicted molar refractivity (Wildman–Crippen MR) is 85.1 cm³/mol. The minimum atomic E-state index is 0.403. The molecular formula is C17H26N4O. The summed E-state index contributed by atoms with van der Waals surface area (Å²) in [6.45, 7) is 3.97. The van der Waals surface area contributed by atoms with Crippen molar-refractivity contribution in [2.45, 2.75) is 50.0 Å². The second-order valence-corrected chi connectivity index (χ2v) is 7.01. The zero-order chi connectivity index (χ0) is 14.9. The first-order valence-electron chi connectivity index (χ1n) is 8.69. The maximum Gasteiger partial charge on any atom is 0.156 e. The Morgan fingerprint density at radius 1 is 1.09 bits per heavy atom. The number of hydrogen-bond donors (Lipinski definition) is 0. The average molecular weight is 302 g/mol. The molecule has 1 aromatic rings. The van der Waals surface area contributed by atoms with Crippen LogP contribution in [0.2, 0.25) is 0 Å². The average Bonchev–Trinajstić information content (AvgIpc) is 3.27. The van der Waals surface area contributed by atoms with E-state index in [9.17, 15) is 0 Å². The van der Waals surface area contributed by atoms with Gasteiger partial charge in [0.15, 0.2) is 5.82 Å². The molecule has 2 fully saturated rings. The lowest BCUT2D eigenvalue weighted by Gasteiger charge is -2.30. The molecule has 0 N–H and O–H groups in total. The van der Waals surface area contributed by atoms with Gasteiger partial charge < -0.3 is 9.64 Å². The van der Waals surface area contributed by atoms with Gasteiger partial charge in [0.25, 0.3) is 0 Å². The molecule has 2 aliphatic heterocycles. The third-order valence-corrected chi connectivity index (χ3v) is 5.38. The Labute approximate surface area is 132 Å². The van der Waals surface area contributed by atoms with Crippen molar-refractivity contribution < 1.29 is 4.74 Å². The van der Waals surface area contributed by atoms with E-state index in [1.54, 1.807) is 0 Å². The Balaban J connectivity index is 1.62. The molecule has 0 spiro atoms. The van der Waals surface area contributed by atoms with Crippen molar-refractivity contribution in [1.29, 1.82) is 0 Å². The standard InChI is InChI=1S/C17H26N4O/c1-20-9-6-15(7-10-20)21-17(13-4-2-3-5-13)18-16(19-21)14-8-11-22-12-14/h2-3,13-15H,4-12H2,1H3. The van der Waals surface area contributed by atoms with E-state index in [0.29, 0.717) is 17.9 Å². The van der Waals surface area contributed by atoms with Gasteiger partial charge in [-0.3, -0.25) is 0 Å².